The molecular weight excluding hydrogens is 252 g/mol. The van der Waals surface area contributed by atoms with Gasteiger partial charge in [0.15, 0.2) is 0 Å². The summed E-state index contributed by atoms with van der Waals surface area (Å²) in [6.45, 7) is 1.41. The number of amides is 1. The first-order valence-corrected chi connectivity index (χ1v) is 6.42. The third kappa shape index (κ3) is 3.37. The molecule has 1 aromatic carbocycles. The molecule has 1 saturated carbocycles. The van der Waals surface area contributed by atoms with E-state index in [0.29, 0.717) is 23.2 Å². The first-order valence-electron chi connectivity index (χ1n) is 6.05. The second-order valence-electron chi connectivity index (χ2n) is 4.63. The SMILES string of the molecule is CN(CCNC(=O)c1cc(O)ccc1Cl)C1CC1. The van der Waals surface area contributed by atoms with Gasteiger partial charge in [-0.05, 0) is 38.1 Å². The monoisotopic (exact) mass is 268 g/mol. The number of nitrogens with one attached hydrogen (secondary N) is 1. The van der Waals surface area contributed by atoms with Crippen LogP contribution >= 0.6 is 11.6 Å². The van der Waals surface area contributed by atoms with Gasteiger partial charge in [0.25, 0.3) is 5.91 Å². The summed E-state index contributed by atoms with van der Waals surface area (Å²) in [5.74, 6) is -0.209. The number of hydrogen-bond donors (Lipinski definition) is 2. The number of nitrogens with zero attached hydrogens (tertiary/aromatic N) is 1. The highest BCUT2D eigenvalue weighted by Gasteiger charge is 2.25. The Labute approximate surface area is 112 Å². The molecule has 1 aliphatic carbocycles. The normalized spacial score (nSPS) is 14.8. The van der Waals surface area contributed by atoms with Crippen molar-refractivity contribution in [2.45, 2.75) is 18.9 Å². The van der Waals surface area contributed by atoms with Gasteiger partial charge >= 0.3 is 0 Å². The van der Waals surface area contributed by atoms with Crippen molar-refractivity contribution < 1.29 is 9.90 Å². The average molecular weight is 269 g/mol. The van der Waals surface area contributed by atoms with Crippen LogP contribution < -0.4 is 5.32 Å². The molecule has 5 heteroatoms. The zero-order valence-corrected chi connectivity index (χ0v) is 11.1. The number of rotatable bonds is 5. The first kappa shape index (κ1) is 13.2. The lowest BCUT2D eigenvalue weighted by molar-refractivity contribution is 0.0949. The maximum Gasteiger partial charge on any atom is 0.252 e. The molecule has 0 bridgehead atoms. The summed E-state index contributed by atoms with van der Waals surface area (Å²) in [5, 5.41) is 12.5. The zero-order valence-electron chi connectivity index (χ0n) is 10.3. The number of likely N-dealkylation sites (N-methyl/N-ethyl adjacent to an activating group) is 1. The summed E-state index contributed by atoms with van der Waals surface area (Å²) < 4.78 is 0. The summed E-state index contributed by atoms with van der Waals surface area (Å²) in [7, 11) is 2.06. The predicted molar refractivity (Wildman–Crippen MR) is 71.1 cm³/mol. The topological polar surface area (TPSA) is 52.6 Å². The van der Waals surface area contributed by atoms with Gasteiger partial charge < -0.3 is 15.3 Å². The number of phenols is 1. The van der Waals surface area contributed by atoms with Crippen molar-refractivity contribution in [3.05, 3.63) is 28.8 Å². The van der Waals surface area contributed by atoms with Gasteiger partial charge in [0, 0.05) is 19.1 Å². The highest BCUT2D eigenvalue weighted by atomic mass is 35.5. The van der Waals surface area contributed by atoms with Crippen molar-refractivity contribution >= 4 is 17.5 Å². The fourth-order valence-electron chi connectivity index (χ4n) is 1.83. The van der Waals surface area contributed by atoms with Crippen LogP contribution in [0.3, 0.4) is 0 Å². The quantitative estimate of drug-likeness (QED) is 0.857. The smallest absolute Gasteiger partial charge is 0.252 e. The van der Waals surface area contributed by atoms with E-state index in [9.17, 15) is 9.90 Å². The molecule has 18 heavy (non-hydrogen) atoms. The van der Waals surface area contributed by atoms with E-state index in [2.05, 4.69) is 17.3 Å². The van der Waals surface area contributed by atoms with E-state index in [1.54, 1.807) is 0 Å². The summed E-state index contributed by atoms with van der Waals surface area (Å²) in [6.07, 6.45) is 2.51. The van der Waals surface area contributed by atoms with Gasteiger partial charge in [-0.2, -0.15) is 0 Å². The number of carbonyl (C=O) groups is 1. The van der Waals surface area contributed by atoms with E-state index in [0.717, 1.165) is 6.54 Å². The number of carbonyl (C=O) groups excluding carboxylic acids is 1. The van der Waals surface area contributed by atoms with Crippen LogP contribution in [0.4, 0.5) is 0 Å². The van der Waals surface area contributed by atoms with Crippen molar-refractivity contribution in [3.63, 3.8) is 0 Å². The first-order chi connectivity index (χ1) is 8.58. The van der Waals surface area contributed by atoms with Crippen molar-refractivity contribution in [3.8, 4) is 5.75 Å². The van der Waals surface area contributed by atoms with Crippen molar-refractivity contribution in [1.82, 2.24) is 10.2 Å². The molecule has 98 valence electrons. The Morgan fingerprint density at radius 3 is 2.94 bits per heavy atom. The maximum absolute atomic E-state index is 11.9. The molecule has 0 radical (unpaired) electrons. The molecule has 4 nitrogen and oxygen atoms in total. The van der Waals surface area contributed by atoms with Crippen LogP contribution in [0.15, 0.2) is 18.2 Å². The van der Waals surface area contributed by atoms with E-state index in [1.165, 1.54) is 31.0 Å². The fourth-order valence-corrected chi connectivity index (χ4v) is 2.03. The van der Waals surface area contributed by atoms with E-state index in [-0.39, 0.29) is 11.7 Å². The highest BCUT2D eigenvalue weighted by molar-refractivity contribution is 6.33. The van der Waals surface area contributed by atoms with Gasteiger partial charge in [-0.15, -0.1) is 0 Å². The molecule has 0 unspecified atom stereocenters. The largest absolute Gasteiger partial charge is 0.508 e. The highest BCUT2D eigenvalue weighted by Crippen LogP contribution is 2.24. The minimum absolute atomic E-state index is 0.0413. The van der Waals surface area contributed by atoms with Crippen molar-refractivity contribution in [2.75, 3.05) is 20.1 Å². The lowest BCUT2D eigenvalue weighted by Gasteiger charge is -2.15. The van der Waals surface area contributed by atoms with E-state index in [1.807, 2.05) is 0 Å². The van der Waals surface area contributed by atoms with Crippen LogP contribution in [-0.2, 0) is 0 Å². The Hall–Kier alpha value is -1.26. The number of aromatic hydroxyl groups is 1. The van der Waals surface area contributed by atoms with Gasteiger partial charge in [0.1, 0.15) is 5.75 Å². The van der Waals surface area contributed by atoms with Crippen LogP contribution in [-0.4, -0.2) is 42.1 Å². The lowest BCUT2D eigenvalue weighted by atomic mass is 10.2. The van der Waals surface area contributed by atoms with Crippen molar-refractivity contribution in [2.24, 2.45) is 0 Å². The predicted octanol–water partition coefficient (Wildman–Crippen LogP) is 1.87. The van der Waals surface area contributed by atoms with Crippen LogP contribution in [0.2, 0.25) is 5.02 Å². The van der Waals surface area contributed by atoms with Crippen LogP contribution in [0, 0.1) is 0 Å². The molecule has 1 aliphatic rings. The second kappa shape index (κ2) is 5.59. The molecule has 0 saturated heterocycles. The Kier molecular flexibility index (Phi) is 4.09. The summed E-state index contributed by atoms with van der Waals surface area (Å²) in [5.41, 5.74) is 0.311. The summed E-state index contributed by atoms with van der Waals surface area (Å²) in [6, 6.07) is 5.04. The molecule has 0 atom stereocenters. The Bertz CT molecular complexity index is 447. The second-order valence-corrected chi connectivity index (χ2v) is 5.04. The molecule has 1 aromatic rings. The summed E-state index contributed by atoms with van der Waals surface area (Å²) >= 11 is 5.91. The Morgan fingerprint density at radius 2 is 2.28 bits per heavy atom. The van der Waals surface area contributed by atoms with Gasteiger partial charge in [-0.3, -0.25) is 4.79 Å². The van der Waals surface area contributed by atoms with Gasteiger partial charge in [-0.1, -0.05) is 11.6 Å². The van der Waals surface area contributed by atoms with Gasteiger partial charge in [-0.25, -0.2) is 0 Å². The molecule has 2 rings (SSSR count). The van der Waals surface area contributed by atoms with Crippen LogP contribution in [0.1, 0.15) is 23.2 Å². The van der Waals surface area contributed by atoms with Gasteiger partial charge in [0.2, 0.25) is 0 Å². The van der Waals surface area contributed by atoms with E-state index in [4.69, 9.17) is 11.6 Å². The fraction of sp³-hybridized carbons (Fsp3) is 0.462. The molecule has 0 heterocycles. The number of halogens is 1. The van der Waals surface area contributed by atoms with Crippen LogP contribution in [0.25, 0.3) is 0 Å². The van der Waals surface area contributed by atoms with Crippen molar-refractivity contribution in [1.29, 1.82) is 0 Å². The van der Waals surface area contributed by atoms with E-state index < -0.39 is 0 Å². The minimum atomic E-state index is -0.250. The molecule has 1 fully saturated rings. The molecule has 0 aromatic heterocycles. The molecular formula is C13H17ClN2O2. The standard InChI is InChI=1S/C13H17ClN2O2/c1-16(9-2-3-9)7-6-15-13(18)11-8-10(17)4-5-12(11)14/h4-5,8-9,17H,2-3,6-7H2,1H3,(H,15,18). The third-order valence-corrected chi connectivity index (χ3v) is 3.44. The van der Waals surface area contributed by atoms with Gasteiger partial charge in [0.05, 0.1) is 10.6 Å². The molecule has 2 N–H and O–H groups in total. The van der Waals surface area contributed by atoms with Crippen LogP contribution in [0.5, 0.6) is 5.75 Å². The minimum Gasteiger partial charge on any atom is -0.508 e. The lowest BCUT2D eigenvalue weighted by Crippen LogP contribution is -2.34. The zero-order chi connectivity index (χ0) is 13.1. The molecule has 0 spiro atoms. The third-order valence-electron chi connectivity index (χ3n) is 3.11. The van der Waals surface area contributed by atoms with E-state index >= 15 is 0 Å². The molecule has 1 amide bonds. The Morgan fingerprint density at radius 1 is 1.56 bits per heavy atom. The maximum atomic E-state index is 11.9. The summed E-state index contributed by atoms with van der Waals surface area (Å²) in [4.78, 5) is 14.1. The average Bonchev–Trinajstić information content (AvgIpc) is 3.16. The number of benzene rings is 1. The number of hydrogen-bond acceptors (Lipinski definition) is 3. The molecule has 0 aliphatic heterocycles. The number of phenolic OH excluding ortho intramolecular Hbond substituents is 1. The Balaban J connectivity index is 1.85.